The molecule has 1 saturated carbocycles. The van der Waals surface area contributed by atoms with Crippen molar-refractivity contribution >= 4 is 16.8 Å². The fourth-order valence-corrected chi connectivity index (χ4v) is 2.37. The van der Waals surface area contributed by atoms with Crippen LogP contribution in [-0.2, 0) is 0 Å². The highest BCUT2D eigenvalue weighted by Crippen LogP contribution is 2.29. The summed E-state index contributed by atoms with van der Waals surface area (Å²) in [5, 5.41) is 1.10. The highest BCUT2D eigenvalue weighted by Gasteiger charge is 2.32. The molecule has 1 heterocycles. The number of H-pyrrole nitrogens is 1. The zero-order valence-electron chi connectivity index (χ0n) is 9.94. The van der Waals surface area contributed by atoms with E-state index in [2.05, 4.69) is 4.98 Å². The van der Waals surface area contributed by atoms with Crippen molar-refractivity contribution in [3.8, 4) is 0 Å². The fourth-order valence-electron chi connectivity index (χ4n) is 2.37. The number of aromatic nitrogens is 1. The SMILES string of the molecule is CCN(C(=O)c1cccc2cc[nH]c12)C1CC1. The molecule has 1 aromatic carbocycles. The third-order valence-corrected chi connectivity index (χ3v) is 3.41. The molecule has 0 atom stereocenters. The van der Waals surface area contributed by atoms with Crippen LogP contribution in [0.3, 0.4) is 0 Å². The topological polar surface area (TPSA) is 36.1 Å². The normalized spacial score (nSPS) is 15.1. The number of rotatable bonds is 3. The first-order valence-electron chi connectivity index (χ1n) is 6.18. The average Bonchev–Trinajstić information content (AvgIpc) is 3.06. The van der Waals surface area contributed by atoms with E-state index in [9.17, 15) is 4.79 Å². The van der Waals surface area contributed by atoms with Crippen molar-refractivity contribution in [3.63, 3.8) is 0 Å². The van der Waals surface area contributed by atoms with Gasteiger partial charge in [-0.15, -0.1) is 0 Å². The largest absolute Gasteiger partial charge is 0.361 e. The van der Waals surface area contributed by atoms with Crippen molar-refractivity contribution in [2.45, 2.75) is 25.8 Å². The smallest absolute Gasteiger partial charge is 0.256 e. The van der Waals surface area contributed by atoms with Crippen LogP contribution in [-0.4, -0.2) is 28.4 Å². The number of benzene rings is 1. The summed E-state index contributed by atoms with van der Waals surface area (Å²) < 4.78 is 0. The van der Waals surface area contributed by atoms with E-state index in [0.717, 1.165) is 35.9 Å². The van der Waals surface area contributed by atoms with E-state index in [0.29, 0.717) is 6.04 Å². The summed E-state index contributed by atoms with van der Waals surface area (Å²) in [5.41, 5.74) is 1.75. The van der Waals surface area contributed by atoms with Crippen LogP contribution in [0.15, 0.2) is 30.5 Å². The minimum atomic E-state index is 0.156. The van der Waals surface area contributed by atoms with Crippen LogP contribution < -0.4 is 0 Å². The zero-order valence-corrected chi connectivity index (χ0v) is 9.94. The molecular weight excluding hydrogens is 212 g/mol. The molecule has 17 heavy (non-hydrogen) atoms. The lowest BCUT2D eigenvalue weighted by Crippen LogP contribution is -2.32. The van der Waals surface area contributed by atoms with Gasteiger partial charge in [-0.3, -0.25) is 4.79 Å². The monoisotopic (exact) mass is 228 g/mol. The van der Waals surface area contributed by atoms with E-state index in [1.54, 1.807) is 0 Å². The van der Waals surface area contributed by atoms with Gasteiger partial charge < -0.3 is 9.88 Å². The second-order valence-corrected chi connectivity index (χ2v) is 4.57. The van der Waals surface area contributed by atoms with Crippen LogP contribution in [0.1, 0.15) is 30.1 Å². The molecule has 0 spiro atoms. The second-order valence-electron chi connectivity index (χ2n) is 4.57. The summed E-state index contributed by atoms with van der Waals surface area (Å²) in [6, 6.07) is 8.35. The van der Waals surface area contributed by atoms with Crippen LogP contribution in [0.5, 0.6) is 0 Å². The predicted molar refractivity (Wildman–Crippen MR) is 68.0 cm³/mol. The number of carbonyl (C=O) groups excluding carboxylic acids is 1. The number of nitrogens with zero attached hydrogens (tertiary/aromatic N) is 1. The maximum atomic E-state index is 12.5. The first-order valence-corrected chi connectivity index (χ1v) is 6.18. The van der Waals surface area contributed by atoms with Gasteiger partial charge in [-0.25, -0.2) is 0 Å². The molecule has 1 aromatic heterocycles. The lowest BCUT2D eigenvalue weighted by molar-refractivity contribution is 0.0754. The highest BCUT2D eigenvalue weighted by molar-refractivity contribution is 6.05. The Kier molecular flexibility index (Phi) is 2.39. The summed E-state index contributed by atoms with van der Waals surface area (Å²) in [4.78, 5) is 17.6. The van der Waals surface area contributed by atoms with E-state index in [1.165, 1.54) is 0 Å². The molecule has 0 unspecified atom stereocenters. The maximum Gasteiger partial charge on any atom is 0.256 e. The predicted octanol–water partition coefficient (Wildman–Crippen LogP) is 2.79. The zero-order chi connectivity index (χ0) is 11.8. The van der Waals surface area contributed by atoms with E-state index in [-0.39, 0.29) is 5.91 Å². The first-order chi connectivity index (χ1) is 8.31. The van der Waals surface area contributed by atoms with Gasteiger partial charge in [-0.2, -0.15) is 0 Å². The third kappa shape index (κ3) is 1.71. The van der Waals surface area contributed by atoms with Gasteiger partial charge in [0.05, 0.1) is 11.1 Å². The molecule has 3 nitrogen and oxygen atoms in total. The maximum absolute atomic E-state index is 12.5. The summed E-state index contributed by atoms with van der Waals surface area (Å²) in [6.45, 7) is 2.84. The quantitative estimate of drug-likeness (QED) is 0.861. The van der Waals surface area contributed by atoms with Gasteiger partial charge in [0.1, 0.15) is 0 Å². The van der Waals surface area contributed by atoms with Crippen molar-refractivity contribution in [3.05, 3.63) is 36.0 Å². The molecule has 1 fully saturated rings. The number of fused-ring (bicyclic) bond motifs is 1. The van der Waals surface area contributed by atoms with Crippen LogP contribution in [0, 0.1) is 0 Å². The molecule has 0 bridgehead atoms. The second kappa shape index (κ2) is 3.91. The molecule has 1 aliphatic rings. The molecule has 1 amide bonds. The number of aromatic amines is 1. The molecule has 2 aromatic rings. The molecular formula is C14H16N2O. The Morgan fingerprint density at radius 3 is 2.94 bits per heavy atom. The van der Waals surface area contributed by atoms with Gasteiger partial charge in [0.25, 0.3) is 5.91 Å². The number of hydrogen-bond donors (Lipinski definition) is 1. The molecule has 3 heteroatoms. The Balaban J connectivity index is 2.02. The fraction of sp³-hybridized carbons (Fsp3) is 0.357. The Labute approximate surface area is 100 Å². The standard InChI is InChI=1S/C14H16N2O/c1-2-16(11-6-7-11)14(17)12-5-3-4-10-8-9-15-13(10)12/h3-5,8-9,11,15H,2,6-7H2,1H3. The van der Waals surface area contributed by atoms with E-state index < -0.39 is 0 Å². The number of nitrogens with one attached hydrogen (secondary N) is 1. The minimum absolute atomic E-state index is 0.156. The van der Waals surface area contributed by atoms with Crippen LogP contribution in [0.25, 0.3) is 10.9 Å². The van der Waals surface area contributed by atoms with Gasteiger partial charge in [-0.05, 0) is 31.9 Å². The molecule has 88 valence electrons. The number of hydrogen-bond acceptors (Lipinski definition) is 1. The first kappa shape index (κ1) is 10.4. The van der Waals surface area contributed by atoms with Crippen LogP contribution in [0.2, 0.25) is 0 Å². The number of para-hydroxylation sites is 1. The van der Waals surface area contributed by atoms with Crippen molar-refractivity contribution < 1.29 is 4.79 Å². The Morgan fingerprint density at radius 1 is 1.41 bits per heavy atom. The molecule has 1 aliphatic carbocycles. The summed E-state index contributed by atoms with van der Waals surface area (Å²) in [6.07, 6.45) is 4.19. The lowest BCUT2D eigenvalue weighted by Gasteiger charge is -2.20. The van der Waals surface area contributed by atoms with Crippen molar-refractivity contribution in [1.29, 1.82) is 0 Å². The van der Waals surface area contributed by atoms with Crippen molar-refractivity contribution in [1.82, 2.24) is 9.88 Å². The molecule has 3 rings (SSSR count). The number of carbonyl (C=O) groups is 1. The van der Waals surface area contributed by atoms with Gasteiger partial charge >= 0.3 is 0 Å². The van der Waals surface area contributed by atoms with Gasteiger partial charge in [0, 0.05) is 24.2 Å². The third-order valence-electron chi connectivity index (χ3n) is 3.41. The van der Waals surface area contributed by atoms with Crippen molar-refractivity contribution in [2.24, 2.45) is 0 Å². The minimum Gasteiger partial charge on any atom is -0.361 e. The Hall–Kier alpha value is -1.77. The van der Waals surface area contributed by atoms with E-state index >= 15 is 0 Å². The number of amides is 1. The summed E-state index contributed by atoms with van der Waals surface area (Å²) >= 11 is 0. The van der Waals surface area contributed by atoms with E-state index in [4.69, 9.17) is 0 Å². The van der Waals surface area contributed by atoms with Gasteiger partial charge in [0.15, 0.2) is 0 Å². The van der Waals surface area contributed by atoms with Gasteiger partial charge in [0.2, 0.25) is 0 Å². The Morgan fingerprint density at radius 2 is 2.24 bits per heavy atom. The highest BCUT2D eigenvalue weighted by atomic mass is 16.2. The van der Waals surface area contributed by atoms with E-state index in [1.807, 2.05) is 42.3 Å². The van der Waals surface area contributed by atoms with Crippen LogP contribution in [0.4, 0.5) is 0 Å². The molecule has 0 radical (unpaired) electrons. The van der Waals surface area contributed by atoms with Crippen molar-refractivity contribution in [2.75, 3.05) is 6.54 Å². The van der Waals surface area contributed by atoms with Crippen LogP contribution >= 0.6 is 0 Å². The summed E-state index contributed by atoms with van der Waals surface area (Å²) in [7, 11) is 0. The summed E-state index contributed by atoms with van der Waals surface area (Å²) in [5.74, 6) is 0.156. The average molecular weight is 228 g/mol. The molecule has 0 aliphatic heterocycles. The Bertz CT molecular complexity index is 554. The molecule has 0 saturated heterocycles. The molecule has 1 N–H and O–H groups in total. The lowest BCUT2D eigenvalue weighted by atomic mass is 10.1. The van der Waals surface area contributed by atoms with Gasteiger partial charge in [-0.1, -0.05) is 12.1 Å².